The number of rotatable bonds is 22. The Morgan fingerprint density at radius 3 is 1.67 bits per heavy atom. The molecule has 0 aromatic heterocycles. The van der Waals surface area contributed by atoms with E-state index in [0.29, 0.717) is 69.7 Å². The van der Waals surface area contributed by atoms with Crippen LogP contribution in [0.15, 0.2) is 36.4 Å². The highest BCUT2D eigenvalue weighted by Crippen LogP contribution is 2.47. The van der Waals surface area contributed by atoms with Gasteiger partial charge in [0.2, 0.25) is 0 Å². The summed E-state index contributed by atoms with van der Waals surface area (Å²) in [4.78, 5) is 48.8. The summed E-state index contributed by atoms with van der Waals surface area (Å²) in [5.74, 6) is -0.277. The van der Waals surface area contributed by atoms with E-state index in [4.69, 9.17) is 28.8 Å². The molecular weight excluding hydrogens is 664 g/mol. The van der Waals surface area contributed by atoms with Gasteiger partial charge in [0.15, 0.2) is 0 Å². The molecule has 0 bridgehead atoms. The van der Waals surface area contributed by atoms with Crippen molar-refractivity contribution in [2.45, 2.75) is 135 Å². The first-order valence-electron chi connectivity index (χ1n) is 18.9. The van der Waals surface area contributed by atoms with Crippen molar-refractivity contribution in [1.29, 1.82) is 0 Å². The molecule has 1 aliphatic rings. The minimum Gasteiger partial charge on any atom is -0.490 e. The van der Waals surface area contributed by atoms with E-state index in [9.17, 15) is 19.2 Å². The van der Waals surface area contributed by atoms with Crippen LogP contribution in [0.4, 0.5) is 0 Å². The Hall–Kier alpha value is -3.92. The summed E-state index contributed by atoms with van der Waals surface area (Å²) in [6.07, 6.45) is 7.43. The summed E-state index contributed by atoms with van der Waals surface area (Å²) in [6.45, 7) is 14.0. The Balaban J connectivity index is 1.26. The van der Waals surface area contributed by atoms with E-state index in [1.807, 2.05) is 24.3 Å². The van der Waals surface area contributed by atoms with Gasteiger partial charge >= 0.3 is 23.9 Å². The van der Waals surface area contributed by atoms with Crippen LogP contribution in [0.1, 0.15) is 147 Å². The first-order valence-corrected chi connectivity index (χ1v) is 18.9. The van der Waals surface area contributed by atoms with E-state index < -0.39 is 5.92 Å². The highest BCUT2D eigenvalue weighted by Gasteiger charge is 2.39. The summed E-state index contributed by atoms with van der Waals surface area (Å²) in [5, 5.41) is 8.75. The predicted octanol–water partition coefficient (Wildman–Crippen LogP) is 8.01. The van der Waals surface area contributed by atoms with Crippen molar-refractivity contribution < 1.29 is 48.0 Å². The quantitative estimate of drug-likeness (QED) is 0.0551. The molecule has 2 aromatic rings. The average Bonchev–Trinajstić information content (AvgIpc) is 3.42. The molecule has 0 saturated carbocycles. The Morgan fingerprint density at radius 2 is 1.17 bits per heavy atom. The molecule has 1 N–H and O–H groups in total. The molecule has 0 aliphatic carbocycles. The molecule has 52 heavy (non-hydrogen) atoms. The molecule has 1 unspecified atom stereocenters. The molecule has 0 fully saturated rings. The highest BCUT2D eigenvalue weighted by atomic mass is 16.6. The van der Waals surface area contributed by atoms with Gasteiger partial charge in [0, 0.05) is 37.0 Å². The fourth-order valence-corrected chi connectivity index (χ4v) is 5.89. The third-order valence-electron chi connectivity index (χ3n) is 8.99. The fourth-order valence-electron chi connectivity index (χ4n) is 5.89. The van der Waals surface area contributed by atoms with Crippen LogP contribution in [0.25, 0.3) is 0 Å². The summed E-state index contributed by atoms with van der Waals surface area (Å²) < 4.78 is 27.4. The van der Waals surface area contributed by atoms with Crippen molar-refractivity contribution in [2.24, 2.45) is 0 Å². The Labute approximate surface area is 309 Å². The number of aliphatic hydroxyl groups is 1. The number of fused-ring (bicyclic) bond motifs is 1. The maximum Gasteiger partial charge on any atom is 0.323 e. The summed E-state index contributed by atoms with van der Waals surface area (Å²) >= 11 is 0. The average molecular weight is 725 g/mol. The number of hydrogen-bond acceptors (Lipinski definition) is 10. The standard InChI is InChI=1S/C42H60O10/c1-41(2,3)31-28-33-38(40(47)52-39(33)34(29-31)42(4,5)6)30-19-21-32(22-20-30)48-26-27-51-37(46)18-12-9-15-25-50-36(45)17-11-8-14-24-49-35(44)16-10-7-13-23-43/h19-22,28-29,38,43H,7-18,23-27H2,1-6H3. The lowest BCUT2D eigenvalue weighted by molar-refractivity contribution is -0.145. The Morgan fingerprint density at radius 1 is 0.654 bits per heavy atom. The molecule has 2 aromatic carbocycles. The number of aliphatic hydroxyl groups excluding tert-OH is 1. The minimum absolute atomic E-state index is 0.0883. The van der Waals surface area contributed by atoms with Gasteiger partial charge in [0.05, 0.1) is 13.2 Å². The second-order valence-corrected chi connectivity index (χ2v) is 15.5. The van der Waals surface area contributed by atoms with Gasteiger partial charge in [-0.2, -0.15) is 0 Å². The maximum absolute atomic E-state index is 13.2. The molecule has 0 saturated heterocycles. The van der Waals surface area contributed by atoms with Crippen molar-refractivity contribution in [3.8, 4) is 11.5 Å². The maximum atomic E-state index is 13.2. The van der Waals surface area contributed by atoms with Gasteiger partial charge in [-0.05, 0) is 85.5 Å². The smallest absolute Gasteiger partial charge is 0.323 e. The number of ether oxygens (including phenoxy) is 5. The Bertz CT molecular complexity index is 1450. The molecule has 1 aliphatic heterocycles. The van der Waals surface area contributed by atoms with Crippen molar-refractivity contribution >= 4 is 23.9 Å². The second kappa shape index (κ2) is 20.9. The molecule has 288 valence electrons. The third kappa shape index (κ3) is 14.2. The van der Waals surface area contributed by atoms with Gasteiger partial charge in [-0.25, -0.2) is 0 Å². The van der Waals surface area contributed by atoms with E-state index in [0.717, 1.165) is 47.9 Å². The van der Waals surface area contributed by atoms with E-state index in [2.05, 4.69) is 53.7 Å². The predicted molar refractivity (Wildman–Crippen MR) is 199 cm³/mol. The third-order valence-corrected chi connectivity index (χ3v) is 8.99. The zero-order chi connectivity index (χ0) is 38.1. The lowest BCUT2D eigenvalue weighted by Gasteiger charge is -2.27. The molecule has 1 heterocycles. The van der Waals surface area contributed by atoms with Crippen LogP contribution in [0, 0.1) is 0 Å². The van der Waals surface area contributed by atoms with Gasteiger partial charge in [-0.3, -0.25) is 19.2 Å². The van der Waals surface area contributed by atoms with E-state index in [1.54, 1.807) is 0 Å². The van der Waals surface area contributed by atoms with Crippen LogP contribution in [-0.4, -0.2) is 62.0 Å². The van der Waals surface area contributed by atoms with Crippen molar-refractivity contribution in [3.05, 3.63) is 58.7 Å². The molecule has 0 amide bonds. The van der Waals surface area contributed by atoms with E-state index in [1.165, 1.54) is 0 Å². The molecule has 0 radical (unpaired) electrons. The second-order valence-electron chi connectivity index (χ2n) is 15.5. The number of benzene rings is 2. The molecular formula is C42H60O10. The van der Waals surface area contributed by atoms with Crippen molar-refractivity contribution in [2.75, 3.05) is 33.0 Å². The summed E-state index contributed by atoms with van der Waals surface area (Å²) in [7, 11) is 0. The molecule has 0 spiro atoms. The number of carbonyl (C=O) groups is 4. The van der Waals surface area contributed by atoms with Crippen molar-refractivity contribution in [1.82, 2.24) is 0 Å². The van der Waals surface area contributed by atoms with Crippen LogP contribution in [0.2, 0.25) is 0 Å². The molecule has 3 rings (SSSR count). The van der Waals surface area contributed by atoms with Crippen LogP contribution < -0.4 is 9.47 Å². The first kappa shape index (κ1) is 42.5. The highest BCUT2D eigenvalue weighted by molar-refractivity contribution is 5.90. The molecule has 10 heteroatoms. The summed E-state index contributed by atoms with van der Waals surface area (Å²) in [6, 6.07) is 11.7. The van der Waals surface area contributed by atoms with Crippen LogP contribution in [0.3, 0.4) is 0 Å². The van der Waals surface area contributed by atoms with Gasteiger partial charge in [0.1, 0.15) is 30.6 Å². The normalized spacial score (nSPS) is 14.1. The zero-order valence-electron chi connectivity index (χ0n) is 32.2. The lowest BCUT2D eigenvalue weighted by Crippen LogP contribution is -2.17. The van der Waals surface area contributed by atoms with Gasteiger partial charge in [-0.15, -0.1) is 0 Å². The molecule has 1 atom stereocenters. The lowest BCUT2D eigenvalue weighted by atomic mass is 9.77. The van der Waals surface area contributed by atoms with Gasteiger partial charge < -0.3 is 28.8 Å². The molecule has 10 nitrogen and oxygen atoms in total. The monoisotopic (exact) mass is 724 g/mol. The van der Waals surface area contributed by atoms with Crippen LogP contribution >= 0.6 is 0 Å². The van der Waals surface area contributed by atoms with Crippen molar-refractivity contribution in [3.63, 3.8) is 0 Å². The van der Waals surface area contributed by atoms with Crippen LogP contribution in [0.5, 0.6) is 11.5 Å². The van der Waals surface area contributed by atoms with Crippen LogP contribution in [-0.2, 0) is 44.2 Å². The number of esters is 4. The first-order chi connectivity index (χ1) is 24.7. The van der Waals surface area contributed by atoms with E-state index in [-0.39, 0.29) is 60.9 Å². The zero-order valence-corrected chi connectivity index (χ0v) is 32.2. The van der Waals surface area contributed by atoms with Gasteiger partial charge in [-0.1, -0.05) is 72.2 Å². The number of unbranched alkanes of at least 4 members (excludes halogenated alkanes) is 6. The number of carbonyl (C=O) groups excluding carboxylic acids is 4. The largest absolute Gasteiger partial charge is 0.490 e. The summed E-state index contributed by atoms with van der Waals surface area (Å²) in [5.41, 5.74) is 3.64. The van der Waals surface area contributed by atoms with Gasteiger partial charge in [0.25, 0.3) is 0 Å². The SMILES string of the molecule is CC(C)(C)c1cc2c(c(C(C)(C)C)c1)OC(=O)C2c1ccc(OCCOC(=O)CCCCCOC(=O)CCCCCOC(=O)CCCCCO)cc1. The fraction of sp³-hybridized carbons (Fsp3) is 0.619. The topological polar surface area (TPSA) is 135 Å². The van der Waals surface area contributed by atoms with E-state index >= 15 is 0 Å². The minimum atomic E-state index is -0.513. The Kier molecular flexibility index (Phi) is 17.1. The number of hydrogen-bond donors (Lipinski definition) is 1.